The van der Waals surface area contributed by atoms with Gasteiger partial charge in [-0.2, -0.15) is 0 Å². The molecule has 0 saturated carbocycles. The van der Waals surface area contributed by atoms with E-state index in [-0.39, 0.29) is 11.5 Å². The summed E-state index contributed by atoms with van der Waals surface area (Å²) in [7, 11) is 0. The van der Waals surface area contributed by atoms with Crippen molar-refractivity contribution in [2.75, 3.05) is 6.61 Å². The van der Waals surface area contributed by atoms with Crippen molar-refractivity contribution in [3.05, 3.63) is 51.2 Å². The van der Waals surface area contributed by atoms with Crippen molar-refractivity contribution in [2.24, 2.45) is 5.73 Å². The second kappa shape index (κ2) is 4.90. The van der Waals surface area contributed by atoms with Crippen LogP contribution in [0, 0.1) is 0 Å². The fourth-order valence-electron chi connectivity index (χ4n) is 2.49. The minimum Gasteiger partial charge on any atom is -0.493 e. The Labute approximate surface area is 124 Å². The molecule has 0 spiro atoms. The third-order valence-corrected chi connectivity index (χ3v) is 5.34. The minimum absolute atomic E-state index is 0.0398. The lowest BCUT2D eigenvalue weighted by atomic mass is 9.95. The van der Waals surface area contributed by atoms with E-state index in [4.69, 9.17) is 10.5 Å². The van der Waals surface area contributed by atoms with Crippen molar-refractivity contribution in [3.63, 3.8) is 0 Å². The first-order chi connectivity index (χ1) is 9.45. The maximum absolute atomic E-state index is 6.44. The zero-order valence-corrected chi connectivity index (χ0v) is 13.1. The molecule has 1 atom stereocenters. The van der Waals surface area contributed by atoms with Gasteiger partial charge >= 0.3 is 0 Å². The van der Waals surface area contributed by atoms with E-state index in [0.29, 0.717) is 0 Å². The van der Waals surface area contributed by atoms with Gasteiger partial charge in [-0.05, 0) is 34.7 Å². The Morgan fingerprint density at radius 2 is 2.00 bits per heavy atom. The molecule has 2 heterocycles. The van der Waals surface area contributed by atoms with Crippen LogP contribution in [-0.2, 0) is 11.8 Å². The van der Waals surface area contributed by atoms with Crippen LogP contribution in [0.5, 0.6) is 5.75 Å². The van der Waals surface area contributed by atoms with E-state index in [9.17, 15) is 0 Å². The van der Waals surface area contributed by atoms with Gasteiger partial charge in [-0.15, -0.1) is 11.3 Å². The highest BCUT2D eigenvalue weighted by Crippen LogP contribution is 2.35. The van der Waals surface area contributed by atoms with Crippen LogP contribution in [0.1, 0.15) is 47.7 Å². The molecule has 0 aliphatic carbocycles. The van der Waals surface area contributed by atoms with Gasteiger partial charge in [0, 0.05) is 16.2 Å². The number of nitrogens with two attached hydrogens (primary N) is 1. The summed E-state index contributed by atoms with van der Waals surface area (Å²) in [5.74, 6) is 1.02. The summed E-state index contributed by atoms with van der Waals surface area (Å²) in [6.45, 7) is 7.50. The molecule has 20 heavy (non-hydrogen) atoms. The second-order valence-corrected chi connectivity index (χ2v) is 7.51. The van der Waals surface area contributed by atoms with Gasteiger partial charge in [0.1, 0.15) is 5.75 Å². The highest BCUT2D eigenvalue weighted by molar-refractivity contribution is 7.12. The molecule has 1 aromatic carbocycles. The van der Waals surface area contributed by atoms with E-state index in [1.165, 1.54) is 20.9 Å². The van der Waals surface area contributed by atoms with Crippen molar-refractivity contribution >= 4 is 11.3 Å². The third kappa shape index (κ3) is 2.48. The van der Waals surface area contributed by atoms with Gasteiger partial charge in [0.25, 0.3) is 0 Å². The fraction of sp³-hybridized carbons (Fsp3) is 0.412. The van der Waals surface area contributed by atoms with Gasteiger partial charge < -0.3 is 10.5 Å². The van der Waals surface area contributed by atoms with Crippen LogP contribution >= 0.6 is 11.3 Å². The number of rotatable bonds is 2. The van der Waals surface area contributed by atoms with Gasteiger partial charge in [-0.25, -0.2) is 0 Å². The third-order valence-electron chi connectivity index (χ3n) is 3.75. The predicted molar refractivity (Wildman–Crippen MR) is 84.7 cm³/mol. The summed E-state index contributed by atoms with van der Waals surface area (Å²) in [6, 6.07) is 10.7. The topological polar surface area (TPSA) is 35.2 Å². The van der Waals surface area contributed by atoms with Crippen molar-refractivity contribution < 1.29 is 4.74 Å². The highest BCUT2D eigenvalue weighted by Gasteiger charge is 2.20. The van der Waals surface area contributed by atoms with E-state index < -0.39 is 0 Å². The molecule has 1 aliphatic rings. The van der Waals surface area contributed by atoms with E-state index in [0.717, 1.165) is 18.8 Å². The molecule has 2 N–H and O–H groups in total. The van der Waals surface area contributed by atoms with E-state index in [2.05, 4.69) is 51.1 Å². The summed E-state index contributed by atoms with van der Waals surface area (Å²) in [5, 5.41) is 0. The molecular formula is C17H21NOS. The van der Waals surface area contributed by atoms with Crippen LogP contribution in [0.15, 0.2) is 30.3 Å². The van der Waals surface area contributed by atoms with Crippen LogP contribution in [-0.4, -0.2) is 6.61 Å². The van der Waals surface area contributed by atoms with Gasteiger partial charge in [0.05, 0.1) is 12.6 Å². The SMILES string of the molecule is CC(C)(C)c1ccc(C(N)c2ccc3c(c2)CCO3)s1. The number of ether oxygens (including phenoxy) is 1. The lowest BCUT2D eigenvalue weighted by Crippen LogP contribution is -2.11. The largest absolute Gasteiger partial charge is 0.493 e. The Kier molecular flexibility index (Phi) is 3.35. The molecule has 1 aliphatic heterocycles. The molecule has 0 saturated heterocycles. The van der Waals surface area contributed by atoms with Crippen molar-refractivity contribution in [1.82, 2.24) is 0 Å². The molecule has 3 rings (SSSR count). The summed E-state index contributed by atoms with van der Waals surface area (Å²) >= 11 is 1.82. The van der Waals surface area contributed by atoms with Crippen LogP contribution < -0.4 is 10.5 Å². The quantitative estimate of drug-likeness (QED) is 0.905. The molecule has 106 valence electrons. The number of thiophene rings is 1. The molecule has 1 unspecified atom stereocenters. The smallest absolute Gasteiger partial charge is 0.122 e. The Hall–Kier alpha value is -1.32. The average molecular weight is 287 g/mol. The molecule has 0 amide bonds. The summed E-state index contributed by atoms with van der Waals surface area (Å²) in [5.41, 5.74) is 9.09. The predicted octanol–water partition coefficient (Wildman–Crippen LogP) is 4.03. The molecule has 1 aromatic heterocycles. The average Bonchev–Trinajstić information content (AvgIpc) is 3.05. The van der Waals surface area contributed by atoms with E-state index in [1.807, 2.05) is 11.3 Å². The second-order valence-electron chi connectivity index (χ2n) is 6.40. The maximum Gasteiger partial charge on any atom is 0.122 e. The molecule has 0 fully saturated rings. The molecule has 2 nitrogen and oxygen atoms in total. The van der Waals surface area contributed by atoms with Crippen LogP contribution in [0.3, 0.4) is 0 Å². The van der Waals surface area contributed by atoms with Gasteiger partial charge in [0.2, 0.25) is 0 Å². The minimum atomic E-state index is -0.0398. The van der Waals surface area contributed by atoms with Gasteiger partial charge in [-0.3, -0.25) is 0 Å². The van der Waals surface area contributed by atoms with Crippen molar-refractivity contribution in [2.45, 2.75) is 38.6 Å². The highest BCUT2D eigenvalue weighted by atomic mass is 32.1. The monoisotopic (exact) mass is 287 g/mol. The molecule has 2 aromatic rings. The first-order valence-corrected chi connectivity index (χ1v) is 7.88. The number of fused-ring (bicyclic) bond motifs is 1. The lowest BCUT2D eigenvalue weighted by molar-refractivity contribution is 0.357. The fourth-order valence-corrected chi connectivity index (χ4v) is 3.58. The zero-order chi connectivity index (χ0) is 14.3. The normalized spacial score (nSPS) is 15.8. The number of hydrogen-bond donors (Lipinski definition) is 1. The van der Waals surface area contributed by atoms with Crippen LogP contribution in [0.25, 0.3) is 0 Å². The van der Waals surface area contributed by atoms with Crippen LogP contribution in [0.2, 0.25) is 0 Å². The maximum atomic E-state index is 6.44. The number of benzene rings is 1. The Morgan fingerprint density at radius 1 is 1.20 bits per heavy atom. The Morgan fingerprint density at radius 3 is 2.70 bits per heavy atom. The molecular weight excluding hydrogens is 266 g/mol. The van der Waals surface area contributed by atoms with Crippen LogP contribution in [0.4, 0.5) is 0 Å². The molecule has 0 radical (unpaired) electrons. The van der Waals surface area contributed by atoms with Crippen molar-refractivity contribution in [1.29, 1.82) is 0 Å². The van der Waals surface area contributed by atoms with E-state index >= 15 is 0 Å². The van der Waals surface area contributed by atoms with Gasteiger partial charge in [0.15, 0.2) is 0 Å². The first kappa shape index (κ1) is 13.7. The summed E-state index contributed by atoms with van der Waals surface area (Å²) < 4.78 is 5.55. The van der Waals surface area contributed by atoms with Crippen molar-refractivity contribution in [3.8, 4) is 5.75 Å². The Balaban J connectivity index is 1.89. The first-order valence-electron chi connectivity index (χ1n) is 7.06. The lowest BCUT2D eigenvalue weighted by Gasteiger charge is -2.16. The molecule has 3 heteroatoms. The van der Waals surface area contributed by atoms with E-state index in [1.54, 1.807) is 0 Å². The number of hydrogen-bond acceptors (Lipinski definition) is 3. The summed E-state index contributed by atoms with van der Waals surface area (Å²) in [4.78, 5) is 2.61. The van der Waals surface area contributed by atoms with Gasteiger partial charge in [-0.1, -0.05) is 32.9 Å². The summed E-state index contributed by atoms with van der Waals surface area (Å²) in [6.07, 6.45) is 0.994. The Bertz CT molecular complexity index is 624. The standard InChI is InChI=1S/C17H21NOS/c1-17(2,3)15-7-6-14(20-15)16(18)12-4-5-13-11(10-12)8-9-19-13/h4-7,10,16H,8-9,18H2,1-3H3. The zero-order valence-electron chi connectivity index (χ0n) is 12.3. The molecule has 0 bridgehead atoms.